The third-order valence-corrected chi connectivity index (χ3v) is 9.03. The van der Waals surface area contributed by atoms with Crippen molar-refractivity contribution >= 4 is 11.9 Å². The average molecular weight is 505 g/mol. The average Bonchev–Trinajstić information content (AvgIpc) is 3.54. The molecule has 2 aromatic carbocycles. The van der Waals surface area contributed by atoms with Gasteiger partial charge in [-0.1, -0.05) is 53.7 Å². The first kappa shape index (κ1) is 27.4. The highest BCUT2D eigenvalue weighted by atomic mass is 16.5. The van der Waals surface area contributed by atoms with Gasteiger partial charge in [0.15, 0.2) is 0 Å². The SMILES string of the molecule is CCc1ccc(OC(=O)C2C3CCC(C3)C2C(=O)Oc2ccc(CC)c(CC)c2CC)c(CC)c1CC. The molecule has 2 saturated carbocycles. The van der Waals surface area contributed by atoms with Gasteiger partial charge >= 0.3 is 11.9 Å². The number of esters is 2. The van der Waals surface area contributed by atoms with Crippen molar-refractivity contribution in [3.05, 3.63) is 57.6 Å². The molecule has 4 nitrogen and oxygen atoms in total. The summed E-state index contributed by atoms with van der Waals surface area (Å²) in [4.78, 5) is 27.3. The molecule has 0 radical (unpaired) electrons. The van der Waals surface area contributed by atoms with E-state index in [4.69, 9.17) is 9.47 Å². The third-order valence-electron chi connectivity index (χ3n) is 9.03. The number of hydrogen-bond donors (Lipinski definition) is 0. The Bertz CT molecular complexity index is 1060. The number of hydrogen-bond acceptors (Lipinski definition) is 4. The maximum Gasteiger partial charge on any atom is 0.315 e. The van der Waals surface area contributed by atoms with Crippen LogP contribution in [0.4, 0.5) is 0 Å². The highest BCUT2D eigenvalue weighted by Crippen LogP contribution is 2.53. The lowest BCUT2D eigenvalue weighted by molar-refractivity contribution is -0.153. The molecule has 2 bridgehead atoms. The van der Waals surface area contributed by atoms with Crippen LogP contribution in [0, 0.1) is 23.7 Å². The molecule has 0 saturated heterocycles. The van der Waals surface area contributed by atoms with Gasteiger partial charge in [0.25, 0.3) is 0 Å². The second-order valence-electron chi connectivity index (χ2n) is 10.7. The summed E-state index contributed by atoms with van der Waals surface area (Å²) in [5.41, 5.74) is 7.43. The van der Waals surface area contributed by atoms with E-state index in [0.717, 1.165) is 68.9 Å². The Balaban J connectivity index is 1.60. The molecular formula is C33H44O4. The van der Waals surface area contributed by atoms with Gasteiger partial charge in [-0.3, -0.25) is 9.59 Å². The summed E-state index contributed by atoms with van der Waals surface area (Å²) >= 11 is 0. The molecule has 2 aromatic rings. The van der Waals surface area contributed by atoms with E-state index in [1.165, 1.54) is 22.3 Å². The van der Waals surface area contributed by atoms with Crippen LogP contribution in [-0.2, 0) is 48.1 Å². The van der Waals surface area contributed by atoms with Crippen LogP contribution in [0.1, 0.15) is 94.2 Å². The summed E-state index contributed by atoms with van der Waals surface area (Å²) in [6, 6.07) is 8.07. The number of aryl methyl sites for hydroxylation is 2. The van der Waals surface area contributed by atoms with Crippen LogP contribution in [-0.4, -0.2) is 11.9 Å². The molecule has 4 atom stereocenters. The minimum atomic E-state index is -0.433. The van der Waals surface area contributed by atoms with Gasteiger partial charge in [0.1, 0.15) is 11.5 Å². The fourth-order valence-corrected chi connectivity index (χ4v) is 7.27. The van der Waals surface area contributed by atoms with Crippen LogP contribution in [0.2, 0.25) is 0 Å². The largest absolute Gasteiger partial charge is 0.426 e. The molecule has 0 amide bonds. The van der Waals surface area contributed by atoms with E-state index in [9.17, 15) is 9.59 Å². The number of ether oxygens (including phenoxy) is 2. The van der Waals surface area contributed by atoms with Crippen molar-refractivity contribution in [2.75, 3.05) is 0 Å². The van der Waals surface area contributed by atoms with Gasteiger partial charge in [-0.25, -0.2) is 0 Å². The number of fused-ring (bicyclic) bond motifs is 2. The zero-order chi connectivity index (χ0) is 26.7. The minimum absolute atomic E-state index is 0.194. The summed E-state index contributed by atoms with van der Waals surface area (Å²) in [6.45, 7) is 12.9. The molecule has 0 aliphatic heterocycles. The van der Waals surface area contributed by atoms with Gasteiger partial charge < -0.3 is 9.47 Å². The van der Waals surface area contributed by atoms with Crippen molar-refractivity contribution in [2.24, 2.45) is 23.7 Å². The van der Waals surface area contributed by atoms with Crippen molar-refractivity contribution in [2.45, 2.75) is 99.3 Å². The van der Waals surface area contributed by atoms with E-state index < -0.39 is 11.8 Å². The molecule has 37 heavy (non-hydrogen) atoms. The van der Waals surface area contributed by atoms with E-state index in [2.05, 4.69) is 53.7 Å². The smallest absolute Gasteiger partial charge is 0.315 e. The van der Waals surface area contributed by atoms with E-state index in [1.807, 2.05) is 12.1 Å². The normalized spacial score (nSPS) is 22.3. The zero-order valence-corrected chi connectivity index (χ0v) is 23.6. The maximum atomic E-state index is 13.7. The molecular weight excluding hydrogens is 460 g/mol. The molecule has 2 aliphatic rings. The first-order chi connectivity index (χ1) is 17.9. The Hall–Kier alpha value is -2.62. The van der Waals surface area contributed by atoms with Gasteiger partial charge in [0, 0.05) is 0 Å². The van der Waals surface area contributed by atoms with E-state index in [0.29, 0.717) is 11.5 Å². The van der Waals surface area contributed by atoms with Gasteiger partial charge in [-0.05, 0) is 115 Å². The zero-order valence-electron chi connectivity index (χ0n) is 23.6. The monoisotopic (exact) mass is 504 g/mol. The lowest BCUT2D eigenvalue weighted by Crippen LogP contribution is -2.39. The highest BCUT2D eigenvalue weighted by Gasteiger charge is 2.55. The molecule has 200 valence electrons. The Morgan fingerprint density at radius 2 is 0.973 bits per heavy atom. The topological polar surface area (TPSA) is 52.6 Å². The van der Waals surface area contributed by atoms with Crippen molar-refractivity contribution in [1.29, 1.82) is 0 Å². The fraction of sp³-hybridized carbons (Fsp3) is 0.576. The summed E-state index contributed by atoms with van der Waals surface area (Å²) in [5, 5.41) is 0. The first-order valence-electron chi connectivity index (χ1n) is 14.6. The van der Waals surface area contributed by atoms with E-state index >= 15 is 0 Å². The molecule has 0 heterocycles. The molecule has 4 unspecified atom stereocenters. The van der Waals surface area contributed by atoms with Crippen molar-refractivity contribution in [3.63, 3.8) is 0 Å². The highest BCUT2D eigenvalue weighted by molar-refractivity contribution is 5.86. The predicted molar refractivity (Wildman–Crippen MR) is 148 cm³/mol. The Morgan fingerprint density at radius 3 is 1.30 bits per heavy atom. The van der Waals surface area contributed by atoms with Crippen LogP contribution in [0.3, 0.4) is 0 Å². The summed E-state index contributed by atoms with van der Waals surface area (Å²) in [7, 11) is 0. The second kappa shape index (κ2) is 11.8. The van der Waals surface area contributed by atoms with Crippen molar-refractivity contribution < 1.29 is 19.1 Å². The maximum absolute atomic E-state index is 13.7. The van der Waals surface area contributed by atoms with E-state index in [1.54, 1.807) is 0 Å². The predicted octanol–water partition coefficient (Wildman–Crippen LogP) is 7.23. The van der Waals surface area contributed by atoms with Crippen molar-refractivity contribution in [1.82, 2.24) is 0 Å². The fourth-order valence-electron chi connectivity index (χ4n) is 7.27. The van der Waals surface area contributed by atoms with Crippen LogP contribution in [0.25, 0.3) is 0 Å². The van der Waals surface area contributed by atoms with E-state index in [-0.39, 0.29) is 23.8 Å². The second-order valence-corrected chi connectivity index (χ2v) is 10.7. The Kier molecular flexibility index (Phi) is 8.77. The van der Waals surface area contributed by atoms with Gasteiger partial charge in [-0.15, -0.1) is 0 Å². The van der Waals surface area contributed by atoms with Gasteiger partial charge in [0.2, 0.25) is 0 Å². The van der Waals surface area contributed by atoms with Gasteiger partial charge in [0.05, 0.1) is 11.8 Å². The Labute approximate surface area is 223 Å². The quantitative estimate of drug-likeness (QED) is 0.253. The van der Waals surface area contributed by atoms with Crippen LogP contribution >= 0.6 is 0 Å². The number of carbonyl (C=O) groups is 2. The van der Waals surface area contributed by atoms with Crippen LogP contribution in [0.5, 0.6) is 11.5 Å². The Morgan fingerprint density at radius 1 is 0.595 bits per heavy atom. The van der Waals surface area contributed by atoms with Crippen molar-refractivity contribution in [3.8, 4) is 11.5 Å². The first-order valence-corrected chi connectivity index (χ1v) is 14.6. The molecule has 0 aromatic heterocycles. The number of benzene rings is 2. The standard InChI is InChI=1S/C33H44O4/c1-7-20-15-17-28(26(11-5)24(20)9-3)36-32(34)30-22-13-14-23(19-22)31(30)33(35)37-29-18-16-21(8-2)25(10-4)27(29)12-6/h15-18,22-23,30-31H,7-14,19H2,1-6H3. The molecule has 4 rings (SSSR count). The molecule has 2 aliphatic carbocycles. The number of rotatable bonds is 10. The van der Waals surface area contributed by atoms with Gasteiger partial charge in [-0.2, -0.15) is 0 Å². The number of carbonyl (C=O) groups excluding carboxylic acids is 2. The lowest BCUT2D eigenvalue weighted by atomic mass is 9.79. The summed E-state index contributed by atoms with van der Waals surface area (Å²) in [5.74, 6) is 0.317. The van der Waals surface area contributed by atoms with Crippen LogP contribution < -0.4 is 9.47 Å². The summed E-state index contributed by atoms with van der Waals surface area (Å²) < 4.78 is 12.2. The molecule has 2 fully saturated rings. The lowest BCUT2D eigenvalue weighted by Gasteiger charge is -2.28. The summed E-state index contributed by atoms with van der Waals surface area (Å²) in [6.07, 6.45) is 8.25. The molecule has 0 spiro atoms. The van der Waals surface area contributed by atoms with Crippen LogP contribution in [0.15, 0.2) is 24.3 Å². The minimum Gasteiger partial charge on any atom is -0.426 e. The molecule has 4 heteroatoms. The third kappa shape index (κ3) is 5.09. The molecule has 0 N–H and O–H groups in total.